The first-order valence-electron chi connectivity index (χ1n) is 8.11. The van der Waals surface area contributed by atoms with Crippen molar-refractivity contribution in [2.45, 2.75) is 19.5 Å². The minimum Gasteiger partial charge on any atom is -0.326 e. The van der Waals surface area contributed by atoms with E-state index in [0.717, 1.165) is 18.2 Å². The van der Waals surface area contributed by atoms with Gasteiger partial charge in [0, 0.05) is 29.1 Å². The van der Waals surface area contributed by atoms with Crippen LogP contribution >= 0.6 is 0 Å². The van der Waals surface area contributed by atoms with E-state index < -0.39 is 28.5 Å². The maximum absolute atomic E-state index is 12.7. The van der Waals surface area contributed by atoms with Crippen molar-refractivity contribution in [1.29, 1.82) is 0 Å². The SMILES string of the molecule is C/C(CC(=O)Nc1cccc(C(F)(F)F)c1)=N\NC(=O)c1cccc([N+](=O)[O-])c1. The number of nitro groups is 1. The maximum Gasteiger partial charge on any atom is 0.416 e. The number of halogens is 3. The molecule has 0 atom stereocenters. The molecule has 0 unspecified atom stereocenters. The summed E-state index contributed by atoms with van der Waals surface area (Å²) in [6, 6.07) is 9.15. The first-order valence-corrected chi connectivity index (χ1v) is 8.11. The van der Waals surface area contributed by atoms with Crippen molar-refractivity contribution in [3.05, 3.63) is 69.8 Å². The Bertz CT molecular complexity index is 974. The minimum atomic E-state index is -4.53. The van der Waals surface area contributed by atoms with Gasteiger partial charge in [-0.25, -0.2) is 5.43 Å². The van der Waals surface area contributed by atoms with Gasteiger partial charge in [0.25, 0.3) is 11.6 Å². The lowest BCUT2D eigenvalue weighted by Gasteiger charge is -2.10. The molecule has 0 heterocycles. The predicted molar refractivity (Wildman–Crippen MR) is 98.4 cm³/mol. The highest BCUT2D eigenvalue weighted by Gasteiger charge is 2.30. The molecule has 0 bridgehead atoms. The second-order valence-electron chi connectivity index (χ2n) is 5.90. The fourth-order valence-corrected chi connectivity index (χ4v) is 2.22. The molecule has 0 fully saturated rings. The number of hydrazone groups is 1. The van der Waals surface area contributed by atoms with Crippen molar-refractivity contribution < 1.29 is 27.7 Å². The van der Waals surface area contributed by atoms with Crippen LogP contribution in [0.5, 0.6) is 0 Å². The summed E-state index contributed by atoms with van der Waals surface area (Å²) in [6.45, 7) is 1.43. The average molecular weight is 408 g/mol. The number of benzene rings is 2. The molecule has 11 heteroatoms. The number of carbonyl (C=O) groups is 2. The van der Waals surface area contributed by atoms with Crippen LogP contribution in [0, 0.1) is 10.1 Å². The Hall–Kier alpha value is -3.76. The number of hydrogen-bond acceptors (Lipinski definition) is 5. The van der Waals surface area contributed by atoms with E-state index in [1.54, 1.807) is 0 Å². The van der Waals surface area contributed by atoms with Gasteiger partial charge in [-0.1, -0.05) is 12.1 Å². The van der Waals surface area contributed by atoms with Gasteiger partial charge in [-0.05, 0) is 31.2 Å². The Morgan fingerprint density at radius 1 is 1.14 bits per heavy atom. The van der Waals surface area contributed by atoms with Gasteiger partial charge in [0.1, 0.15) is 0 Å². The van der Waals surface area contributed by atoms with Crippen LogP contribution in [0.2, 0.25) is 0 Å². The molecule has 29 heavy (non-hydrogen) atoms. The molecule has 2 aromatic carbocycles. The summed E-state index contributed by atoms with van der Waals surface area (Å²) in [4.78, 5) is 34.0. The Kier molecular flexibility index (Phi) is 6.65. The number of nitro benzene ring substituents is 1. The summed E-state index contributed by atoms with van der Waals surface area (Å²) in [6.07, 6.45) is -4.82. The van der Waals surface area contributed by atoms with Gasteiger partial charge in [0.2, 0.25) is 5.91 Å². The van der Waals surface area contributed by atoms with Gasteiger partial charge in [0.05, 0.1) is 16.9 Å². The number of rotatable bonds is 6. The lowest BCUT2D eigenvalue weighted by atomic mass is 10.2. The van der Waals surface area contributed by atoms with Gasteiger partial charge < -0.3 is 5.32 Å². The second kappa shape index (κ2) is 8.95. The number of nitrogens with one attached hydrogen (secondary N) is 2. The van der Waals surface area contributed by atoms with Crippen LogP contribution in [-0.2, 0) is 11.0 Å². The van der Waals surface area contributed by atoms with E-state index in [2.05, 4.69) is 15.8 Å². The summed E-state index contributed by atoms with van der Waals surface area (Å²) in [5.74, 6) is -1.35. The first kappa shape index (κ1) is 21.5. The normalized spacial score (nSPS) is 11.7. The highest BCUT2D eigenvalue weighted by Crippen LogP contribution is 2.30. The zero-order chi connectivity index (χ0) is 21.6. The van der Waals surface area contributed by atoms with E-state index >= 15 is 0 Å². The molecule has 2 amide bonds. The number of nitrogens with zero attached hydrogens (tertiary/aromatic N) is 2. The third-order valence-electron chi connectivity index (χ3n) is 3.56. The number of hydrogen-bond donors (Lipinski definition) is 2. The average Bonchev–Trinajstić information content (AvgIpc) is 2.65. The topological polar surface area (TPSA) is 114 Å². The predicted octanol–water partition coefficient (Wildman–Crippen LogP) is 3.75. The molecular weight excluding hydrogens is 393 g/mol. The zero-order valence-corrected chi connectivity index (χ0v) is 15.0. The van der Waals surface area contributed by atoms with Crippen molar-refractivity contribution in [1.82, 2.24) is 5.43 Å². The summed E-state index contributed by atoms with van der Waals surface area (Å²) >= 11 is 0. The van der Waals surface area contributed by atoms with Gasteiger partial charge in [-0.3, -0.25) is 19.7 Å². The van der Waals surface area contributed by atoms with E-state index in [1.807, 2.05) is 0 Å². The Labute approximate surface area is 162 Å². The van der Waals surface area contributed by atoms with Crippen molar-refractivity contribution in [3.63, 3.8) is 0 Å². The molecule has 152 valence electrons. The lowest BCUT2D eigenvalue weighted by Crippen LogP contribution is -2.21. The van der Waals surface area contributed by atoms with E-state index in [0.29, 0.717) is 0 Å². The lowest BCUT2D eigenvalue weighted by molar-refractivity contribution is -0.384. The molecule has 2 aromatic rings. The van der Waals surface area contributed by atoms with Crippen LogP contribution in [0.15, 0.2) is 53.6 Å². The Morgan fingerprint density at radius 3 is 2.48 bits per heavy atom. The molecule has 8 nitrogen and oxygen atoms in total. The highest BCUT2D eigenvalue weighted by molar-refractivity contribution is 6.06. The van der Waals surface area contributed by atoms with Crippen LogP contribution in [0.1, 0.15) is 29.3 Å². The quantitative estimate of drug-likeness (QED) is 0.430. The van der Waals surface area contributed by atoms with Gasteiger partial charge in [0.15, 0.2) is 0 Å². The molecule has 0 aliphatic heterocycles. The fourth-order valence-electron chi connectivity index (χ4n) is 2.22. The number of non-ortho nitro benzene ring substituents is 1. The second-order valence-corrected chi connectivity index (χ2v) is 5.90. The molecule has 0 aromatic heterocycles. The Morgan fingerprint density at radius 2 is 1.83 bits per heavy atom. The van der Waals surface area contributed by atoms with E-state index in [9.17, 15) is 32.9 Å². The highest BCUT2D eigenvalue weighted by atomic mass is 19.4. The molecule has 0 aliphatic rings. The van der Waals surface area contributed by atoms with Gasteiger partial charge in [-0.2, -0.15) is 18.3 Å². The first-order chi connectivity index (χ1) is 13.6. The maximum atomic E-state index is 12.7. The van der Waals surface area contributed by atoms with Gasteiger partial charge in [-0.15, -0.1) is 0 Å². The van der Waals surface area contributed by atoms with E-state index in [4.69, 9.17) is 0 Å². The van der Waals surface area contributed by atoms with Crippen molar-refractivity contribution >= 4 is 28.9 Å². The molecule has 0 spiro atoms. The van der Waals surface area contributed by atoms with Crippen LogP contribution < -0.4 is 10.7 Å². The molecule has 2 rings (SSSR count). The fraction of sp³-hybridized carbons (Fsp3) is 0.167. The van der Waals surface area contributed by atoms with Crippen LogP contribution in [0.3, 0.4) is 0 Å². The van der Waals surface area contributed by atoms with E-state index in [1.165, 1.54) is 37.3 Å². The minimum absolute atomic E-state index is 0.00386. The summed E-state index contributed by atoms with van der Waals surface area (Å²) in [5.41, 5.74) is 1.15. The molecular formula is C18H15F3N4O4. The zero-order valence-electron chi connectivity index (χ0n) is 15.0. The largest absolute Gasteiger partial charge is 0.416 e. The number of anilines is 1. The third-order valence-corrected chi connectivity index (χ3v) is 3.56. The Balaban J connectivity index is 1.96. The number of carbonyl (C=O) groups excluding carboxylic acids is 2. The smallest absolute Gasteiger partial charge is 0.326 e. The third kappa shape index (κ3) is 6.41. The molecule has 0 saturated carbocycles. The van der Waals surface area contributed by atoms with Crippen molar-refractivity contribution in [2.75, 3.05) is 5.32 Å². The van der Waals surface area contributed by atoms with Crippen LogP contribution in [0.25, 0.3) is 0 Å². The molecule has 0 radical (unpaired) electrons. The van der Waals surface area contributed by atoms with Gasteiger partial charge >= 0.3 is 6.18 Å². The van der Waals surface area contributed by atoms with E-state index in [-0.39, 0.29) is 29.1 Å². The summed E-state index contributed by atoms with van der Waals surface area (Å²) in [7, 11) is 0. The monoisotopic (exact) mass is 408 g/mol. The summed E-state index contributed by atoms with van der Waals surface area (Å²) < 4.78 is 38.1. The standard InChI is InChI=1S/C18H15F3N4O4/c1-11(23-24-17(27)12-4-2-7-15(9-12)25(28)29)8-16(26)22-14-6-3-5-13(10-14)18(19,20)21/h2-7,9-10H,8H2,1H3,(H,22,26)(H,24,27)/b23-11+. The van der Waals surface area contributed by atoms with Crippen molar-refractivity contribution in [2.24, 2.45) is 5.10 Å². The molecule has 0 saturated heterocycles. The van der Waals surface area contributed by atoms with Crippen molar-refractivity contribution in [3.8, 4) is 0 Å². The number of amides is 2. The van der Waals surface area contributed by atoms with Crippen LogP contribution in [0.4, 0.5) is 24.5 Å². The molecule has 0 aliphatic carbocycles. The summed E-state index contributed by atoms with van der Waals surface area (Å²) in [5, 5.41) is 16.8. The van der Waals surface area contributed by atoms with Crippen LogP contribution in [-0.4, -0.2) is 22.4 Å². The molecule has 2 N–H and O–H groups in total. The number of alkyl halides is 3.